The lowest BCUT2D eigenvalue weighted by Gasteiger charge is -2.11. The molecule has 120 valence electrons. The van der Waals surface area contributed by atoms with Gasteiger partial charge in [-0.05, 0) is 50.6 Å². The fraction of sp³-hybridized carbons (Fsp3) is 0.357. The molecule has 0 saturated carbocycles. The standard InChI is InChI=1S/C14H20N4O2S2/c1-18(2)9-4-8-15-12-6-7-13(16-11-12)17-22(19,20)14-5-3-10-21-14/h3,5-7,10-11,15H,4,8-9H2,1-2H3,(H,16,17). The molecule has 2 aromatic heterocycles. The van der Waals surface area contributed by atoms with E-state index in [1.165, 1.54) is 11.3 Å². The van der Waals surface area contributed by atoms with E-state index in [0.29, 0.717) is 5.82 Å². The molecule has 0 aliphatic rings. The number of thiophene rings is 1. The third kappa shape index (κ3) is 4.97. The molecule has 2 N–H and O–H groups in total. The molecule has 0 atom stereocenters. The SMILES string of the molecule is CN(C)CCCNc1ccc(NS(=O)(=O)c2cccs2)nc1. The third-order valence-corrected chi connectivity index (χ3v) is 5.63. The first-order valence-corrected chi connectivity index (χ1v) is 9.24. The molecular formula is C14H20N4O2S2. The Kier molecular flexibility index (Phi) is 5.76. The van der Waals surface area contributed by atoms with Gasteiger partial charge in [0, 0.05) is 6.54 Å². The minimum absolute atomic E-state index is 0.278. The smallest absolute Gasteiger partial charge is 0.272 e. The molecule has 2 rings (SSSR count). The monoisotopic (exact) mass is 340 g/mol. The molecular weight excluding hydrogens is 320 g/mol. The number of nitrogens with one attached hydrogen (secondary N) is 2. The Morgan fingerprint density at radius 2 is 2.09 bits per heavy atom. The first kappa shape index (κ1) is 16.7. The van der Waals surface area contributed by atoms with Gasteiger partial charge in [0.1, 0.15) is 10.0 Å². The first-order chi connectivity index (χ1) is 10.5. The Bertz CT molecular complexity index is 667. The van der Waals surface area contributed by atoms with Crippen molar-refractivity contribution in [2.24, 2.45) is 0 Å². The minimum atomic E-state index is -3.53. The summed E-state index contributed by atoms with van der Waals surface area (Å²) in [5, 5.41) is 4.98. The summed E-state index contributed by atoms with van der Waals surface area (Å²) in [6, 6.07) is 6.73. The van der Waals surface area contributed by atoms with Crippen molar-refractivity contribution in [2.75, 3.05) is 37.2 Å². The number of rotatable bonds is 8. The largest absolute Gasteiger partial charge is 0.384 e. The summed E-state index contributed by atoms with van der Waals surface area (Å²) in [4.78, 5) is 6.26. The maximum absolute atomic E-state index is 12.1. The van der Waals surface area contributed by atoms with Crippen molar-refractivity contribution < 1.29 is 8.42 Å². The van der Waals surface area contributed by atoms with Crippen LogP contribution in [-0.4, -0.2) is 45.5 Å². The Labute approximate surface area is 135 Å². The van der Waals surface area contributed by atoms with Crippen LogP contribution >= 0.6 is 11.3 Å². The Hall–Kier alpha value is -1.64. The third-order valence-electron chi connectivity index (χ3n) is 2.87. The summed E-state index contributed by atoms with van der Waals surface area (Å²) in [6.07, 6.45) is 2.65. The van der Waals surface area contributed by atoms with Crippen LogP contribution in [0.2, 0.25) is 0 Å². The number of anilines is 2. The molecule has 2 heterocycles. The van der Waals surface area contributed by atoms with Gasteiger partial charge in [0.05, 0.1) is 11.9 Å². The lowest BCUT2D eigenvalue weighted by atomic mass is 10.3. The van der Waals surface area contributed by atoms with Gasteiger partial charge in [0.2, 0.25) is 0 Å². The van der Waals surface area contributed by atoms with Crippen LogP contribution in [0.4, 0.5) is 11.5 Å². The summed E-state index contributed by atoms with van der Waals surface area (Å²) in [7, 11) is 0.542. The van der Waals surface area contributed by atoms with Crippen molar-refractivity contribution in [3.63, 3.8) is 0 Å². The van der Waals surface area contributed by atoms with Crippen molar-refractivity contribution in [3.8, 4) is 0 Å². The summed E-state index contributed by atoms with van der Waals surface area (Å²) in [6.45, 7) is 1.86. The van der Waals surface area contributed by atoms with Crippen molar-refractivity contribution in [2.45, 2.75) is 10.6 Å². The minimum Gasteiger partial charge on any atom is -0.384 e. The van der Waals surface area contributed by atoms with Gasteiger partial charge < -0.3 is 10.2 Å². The molecule has 0 bridgehead atoms. The number of pyridine rings is 1. The lowest BCUT2D eigenvalue weighted by molar-refractivity contribution is 0.405. The highest BCUT2D eigenvalue weighted by atomic mass is 32.2. The molecule has 2 aromatic rings. The van der Waals surface area contributed by atoms with Gasteiger partial charge >= 0.3 is 0 Å². The van der Waals surface area contributed by atoms with Crippen LogP contribution in [0.3, 0.4) is 0 Å². The van der Waals surface area contributed by atoms with E-state index in [4.69, 9.17) is 0 Å². The van der Waals surface area contributed by atoms with Gasteiger partial charge in [-0.2, -0.15) is 0 Å². The van der Waals surface area contributed by atoms with Gasteiger partial charge in [0.25, 0.3) is 10.0 Å². The quantitative estimate of drug-likeness (QED) is 0.721. The van der Waals surface area contributed by atoms with E-state index >= 15 is 0 Å². The molecule has 22 heavy (non-hydrogen) atoms. The van der Waals surface area contributed by atoms with Gasteiger partial charge in [-0.3, -0.25) is 4.72 Å². The van der Waals surface area contributed by atoms with E-state index in [1.807, 2.05) is 20.2 Å². The average molecular weight is 340 g/mol. The van der Waals surface area contributed by atoms with Crippen LogP contribution < -0.4 is 10.0 Å². The first-order valence-electron chi connectivity index (χ1n) is 6.88. The van der Waals surface area contributed by atoms with E-state index in [9.17, 15) is 8.42 Å². The second kappa shape index (κ2) is 7.57. The highest BCUT2D eigenvalue weighted by molar-refractivity contribution is 7.94. The van der Waals surface area contributed by atoms with Crippen molar-refractivity contribution in [3.05, 3.63) is 35.8 Å². The zero-order chi connectivity index (χ0) is 16.0. The topological polar surface area (TPSA) is 74.3 Å². The zero-order valence-corrected chi connectivity index (χ0v) is 14.2. The van der Waals surface area contributed by atoms with Gasteiger partial charge in [-0.1, -0.05) is 6.07 Å². The van der Waals surface area contributed by atoms with E-state index in [0.717, 1.165) is 25.2 Å². The Morgan fingerprint density at radius 3 is 2.68 bits per heavy atom. The van der Waals surface area contributed by atoms with Crippen LogP contribution in [-0.2, 0) is 10.0 Å². The Balaban J connectivity index is 1.89. The highest BCUT2D eigenvalue weighted by Crippen LogP contribution is 2.19. The molecule has 0 saturated heterocycles. The average Bonchev–Trinajstić information content (AvgIpc) is 3.00. The molecule has 0 aliphatic heterocycles. The maximum atomic E-state index is 12.1. The fourth-order valence-electron chi connectivity index (χ4n) is 1.79. The molecule has 0 fully saturated rings. The number of nitrogens with zero attached hydrogens (tertiary/aromatic N) is 2. The fourth-order valence-corrected chi connectivity index (χ4v) is 3.79. The summed E-state index contributed by atoms with van der Waals surface area (Å²) >= 11 is 1.17. The van der Waals surface area contributed by atoms with Crippen LogP contribution in [0.15, 0.2) is 40.1 Å². The summed E-state index contributed by atoms with van der Waals surface area (Å²) < 4.78 is 26.9. The summed E-state index contributed by atoms with van der Waals surface area (Å²) in [5.74, 6) is 0.312. The van der Waals surface area contributed by atoms with E-state index in [2.05, 4.69) is 19.9 Å². The zero-order valence-electron chi connectivity index (χ0n) is 12.6. The van der Waals surface area contributed by atoms with Crippen LogP contribution in [0, 0.1) is 0 Å². The lowest BCUT2D eigenvalue weighted by Crippen LogP contribution is -2.16. The second-order valence-electron chi connectivity index (χ2n) is 5.05. The van der Waals surface area contributed by atoms with E-state index < -0.39 is 10.0 Å². The van der Waals surface area contributed by atoms with Crippen LogP contribution in [0.1, 0.15) is 6.42 Å². The predicted octanol–water partition coefficient (Wildman–Crippen LogP) is 2.31. The van der Waals surface area contributed by atoms with E-state index in [1.54, 1.807) is 29.8 Å². The van der Waals surface area contributed by atoms with E-state index in [-0.39, 0.29) is 4.21 Å². The summed E-state index contributed by atoms with van der Waals surface area (Å²) in [5.41, 5.74) is 0.873. The van der Waals surface area contributed by atoms with Crippen molar-refractivity contribution in [1.29, 1.82) is 0 Å². The van der Waals surface area contributed by atoms with Crippen LogP contribution in [0.5, 0.6) is 0 Å². The molecule has 0 aromatic carbocycles. The maximum Gasteiger partial charge on any atom is 0.272 e. The van der Waals surface area contributed by atoms with Crippen LogP contribution in [0.25, 0.3) is 0 Å². The molecule has 0 aliphatic carbocycles. The molecule has 0 amide bonds. The van der Waals surface area contributed by atoms with Crippen molar-refractivity contribution >= 4 is 32.9 Å². The predicted molar refractivity (Wildman–Crippen MR) is 91.0 cm³/mol. The number of hydrogen-bond donors (Lipinski definition) is 2. The number of hydrogen-bond acceptors (Lipinski definition) is 6. The van der Waals surface area contributed by atoms with Gasteiger partial charge in [-0.25, -0.2) is 13.4 Å². The number of aromatic nitrogens is 1. The van der Waals surface area contributed by atoms with Gasteiger partial charge in [0.15, 0.2) is 0 Å². The van der Waals surface area contributed by atoms with Crippen molar-refractivity contribution in [1.82, 2.24) is 9.88 Å². The molecule has 0 radical (unpaired) electrons. The Morgan fingerprint density at radius 1 is 1.27 bits per heavy atom. The molecule has 0 unspecified atom stereocenters. The molecule has 8 heteroatoms. The normalized spacial score (nSPS) is 11.6. The molecule has 0 spiro atoms. The highest BCUT2D eigenvalue weighted by Gasteiger charge is 2.15. The molecule has 6 nitrogen and oxygen atoms in total. The number of sulfonamides is 1. The van der Waals surface area contributed by atoms with Gasteiger partial charge in [-0.15, -0.1) is 11.3 Å². The second-order valence-corrected chi connectivity index (χ2v) is 7.91.